The maximum Gasteiger partial charge on any atom is 0.0765 e. The van der Waals surface area contributed by atoms with Crippen molar-refractivity contribution < 1.29 is 0 Å². The van der Waals surface area contributed by atoms with Gasteiger partial charge < -0.3 is 5.32 Å². The molecule has 1 unspecified atom stereocenters. The number of aryl methyl sites for hydroxylation is 2. The van der Waals surface area contributed by atoms with Crippen LogP contribution in [0.4, 0.5) is 0 Å². The molecule has 2 aromatic heterocycles. The van der Waals surface area contributed by atoms with E-state index in [1.807, 2.05) is 29.7 Å². The molecule has 2 aromatic rings. The number of nitrogens with one attached hydrogen (secondary N) is 1. The lowest BCUT2D eigenvalue weighted by Crippen LogP contribution is -2.15. The molecule has 1 nitrogen and oxygen atoms in total. The monoisotopic (exact) mass is 251 g/mol. The molecule has 2 rings (SSSR count). The molecular formula is C13H17NS2. The third-order valence-electron chi connectivity index (χ3n) is 2.77. The molecule has 2 heterocycles. The summed E-state index contributed by atoms with van der Waals surface area (Å²) in [4.78, 5) is 4.32. The highest BCUT2D eigenvalue weighted by Gasteiger charge is 2.17. The van der Waals surface area contributed by atoms with E-state index >= 15 is 0 Å². The highest BCUT2D eigenvalue weighted by atomic mass is 32.1. The average Bonchev–Trinajstić information content (AvgIpc) is 2.90. The minimum Gasteiger partial charge on any atom is -0.308 e. The highest BCUT2D eigenvalue weighted by Crippen LogP contribution is 2.33. The first-order valence-corrected chi connectivity index (χ1v) is 7.25. The van der Waals surface area contributed by atoms with Crippen LogP contribution in [0.2, 0.25) is 0 Å². The molecule has 0 aliphatic heterocycles. The highest BCUT2D eigenvalue weighted by molar-refractivity contribution is 7.13. The van der Waals surface area contributed by atoms with Gasteiger partial charge in [0.25, 0.3) is 0 Å². The van der Waals surface area contributed by atoms with E-state index in [4.69, 9.17) is 0 Å². The molecule has 0 aliphatic carbocycles. The van der Waals surface area contributed by atoms with E-state index in [1.165, 1.54) is 20.2 Å². The Morgan fingerprint density at radius 2 is 2.12 bits per heavy atom. The Kier molecular flexibility index (Phi) is 3.79. The molecule has 0 saturated carbocycles. The first-order chi connectivity index (χ1) is 7.76. The molecule has 0 aromatic carbocycles. The number of hydrogen-bond acceptors (Lipinski definition) is 3. The van der Waals surface area contributed by atoms with E-state index in [-0.39, 0.29) is 0 Å². The van der Waals surface area contributed by atoms with Crippen LogP contribution < -0.4 is 5.32 Å². The molecule has 1 atom stereocenters. The minimum atomic E-state index is 0.366. The standard InChI is InChI=1S/C13H17NS2/c1-4-10-5-6-11(16-10)12(14-3)13-9(2)7-8-15-13/h5-8,12,14H,4H2,1-3H3. The molecule has 0 aliphatic rings. The Bertz CT molecular complexity index is 456. The lowest BCUT2D eigenvalue weighted by atomic mass is 10.1. The van der Waals surface area contributed by atoms with E-state index in [1.54, 1.807) is 0 Å². The molecule has 0 spiro atoms. The van der Waals surface area contributed by atoms with Crippen LogP contribution in [0.5, 0.6) is 0 Å². The minimum absolute atomic E-state index is 0.366. The van der Waals surface area contributed by atoms with Crippen molar-refractivity contribution in [3.05, 3.63) is 43.8 Å². The Hall–Kier alpha value is -0.640. The van der Waals surface area contributed by atoms with E-state index in [0.717, 1.165) is 6.42 Å². The van der Waals surface area contributed by atoms with Gasteiger partial charge in [0.1, 0.15) is 0 Å². The summed E-state index contributed by atoms with van der Waals surface area (Å²) in [5.41, 5.74) is 1.38. The Labute approximate surface area is 105 Å². The second-order valence-electron chi connectivity index (χ2n) is 3.85. The molecule has 86 valence electrons. The normalized spacial score (nSPS) is 12.9. The van der Waals surface area contributed by atoms with Crippen LogP contribution in [0.15, 0.2) is 23.6 Å². The zero-order valence-corrected chi connectivity index (χ0v) is 11.5. The van der Waals surface area contributed by atoms with Gasteiger partial charge in [-0.15, -0.1) is 22.7 Å². The van der Waals surface area contributed by atoms with Crippen LogP contribution in [0.25, 0.3) is 0 Å². The fourth-order valence-corrected chi connectivity index (χ4v) is 4.02. The lowest BCUT2D eigenvalue weighted by Gasteiger charge is -2.13. The molecule has 0 bridgehead atoms. The van der Waals surface area contributed by atoms with Gasteiger partial charge >= 0.3 is 0 Å². The molecule has 1 N–H and O–H groups in total. The fourth-order valence-electron chi connectivity index (χ4n) is 1.82. The van der Waals surface area contributed by atoms with Crippen LogP contribution in [0, 0.1) is 6.92 Å². The maximum atomic E-state index is 3.42. The molecule has 0 saturated heterocycles. The van der Waals surface area contributed by atoms with Crippen LogP contribution in [0.1, 0.15) is 33.2 Å². The number of hydrogen-bond donors (Lipinski definition) is 1. The third kappa shape index (κ3) is 2.21. The molecule has 3 heteroatoms. The SMILES string of the molecule is CCc1ccc(C(NC)c2sccc2C)s1. The van der Waals surface area contributed by atoms with Gasteiger partial charge in [-0.3, -0.25) is 0 Å². The van der Waals surface area contributed by atoms with Gasteiger partial charge in [0.05, 0.1) is 6.04 Å². The van der Waals surface area contributed by atoms with Crippen LogP contribution in [-0.2, 0) is 6.42 Å². The quantitative estimate of drug-likeness (QED) is 0.866. The lowest BCUT2D eigenvalue weighted by molar-refractivity contribution is 0.712. The van der Waals surface area contributed by atoms with Gasteiger partial charge in [-0.25, -0.2) is 0 Å². The van der Waals surface area contributed by atoms with Gasteiger partial charge in [-0.05, 0) is 49.5 Å². The number of rotatable bonds is 4. The van der Waals surface area contributed by atoms with Crippen LogP contribution >= 0.6 is 22.7 Å². The second kappa shape index (κ2) is 5.13. The Morgan fingerprint density at radius 1 is 1.31 bits per heavy atom. The van der Waals surface area contributed by atoms with Crippen molar-refractivity contribution in [2.24, 2.45) is 0 Å². The largest absolute Gasteiger partial charge is 0.308 e. The summed E-state index contributed by atoms with van der Waals surface area (Å²) in [5.74, 6) is 0. The Morgan fingerprint density at radius 3 is 2.62 bits per heavy atom. The smallest absolute Gasteiger partial charge is 0.0765 e. The summed E-state index contributed by atoms with van der Waals surface area (Å²) in [6.07, 6.45) is 1.13. The second-order valence-corrected chi connectivity index (χ2v) is 5.99. The van der Waals surface area contributed by atoms with Gasteiger partial charge in [-0.1, -0.05) is 6.92 Å². The van der Waals surface area contributed by atoms with Crippen molar-refractivity contribution in [2.75, 3.05) is 7.05 Å². The summed E-state index contributed by atoms with van der Waals surface area (Å²) >= 11 is 3.75. The third-order valence-corrected chi connectivity index (χ3v) is 5.15. The van der Waals surface area contributed by atoms with E-state index < -0.39 is 0 Å². The van der Waals surface area contributed by atoms with E-state index in [0.29, 0.717) is 6.04 Å². The fraction of sp³-hybridized carbons (Fsp3) is 0.385. The van der Waals surface area contributed by atoms with Crippen molar-refractivity contribution in [1.29, 1.82) is 0 Å². The number of thiophene rings is 2. The van der Waals surface area contributed by atoms with Crippen molar-refractivity contribution in [3.63, 3.8) is 0 Å². The maximum absolute atomic E-state index is 3.42. The summed E-state index contributed by atoms with van der Waals surface area (Å²) in [5, 5.41) is 5.59. The van der Waals surface area contributed by atoms with Crippen LogP contribution in [0.3, 0.4) is 0 Å². The molecular weight excluding hydrogens is 234 g/mol. The van der Waals surface area contributed by atoms with E-state index in [2.05, 4.69) is 42.7 Å². The summed E-state index contributed by atoms with van der Waals surface area (Å²) < 4.78 is 0. The molecule has 0 amide bonds. The van der Waals surface area contributed by atoms with Crippen molar-refractivity contribution in [3.8, 4) is 0 Å². The van der Waals surface area contributed by atoms with Gasteiger partial charge in [0.15, 0.2) is 0 Å². The van der Waals surface area contributed by atoms with Gasteiger partial charge in [0.2, 0.25) is 0 Å². The van der Waals surface area contributed by atoms with Crippen LogP contribution in [-0.4, -0.2) is 7.05 Å². The Balaban J connectivity index is 2.32. The zero-order valence-electron chi connectivity index (χ0n) is 9.91. The summed E-state index contributed by atoms with van der Waals surface area (Å²) in [7, 11) is 2.04. The zero-order chi connectivity index (χ0) is 11.5. The summed E-state index contributed by atoms with van der Waals surface area (Å²) in [6.45, 7) is 4.39. The van der Waals surface area contributed by atoms with E-state index in [9.17, 15) is 0 Å². The first kappa shape index (κ1) is 11.8. The first-order valence-electron chi connectivity index (χ1n) is 5.56. The van der Waals surface area contributed by atoms with Crippen molar-refractivity contribution >= 4 is 22.7 Å². The molecule has 0 radical (unpaired) electrons. The van der Waals surface area contributed by atoms with Gasteiger partial charge in [0, 0.05) is 14.6 Å². The predicted molar refractivity (Wildman–Crippen MR) is 73.7 cm³/mol. The van der Waals surface area contributed by atoms with Crippen molar-refractivity contribution in [1.82, 2.24) is 5.32 Å². The van der Waals surface area contributed by atoms with Gasteiger partial charge in [-0.2, -0.15) is 0 Å². The predicted octanol–water partition coefficient (Wildman–Crippen LogP) is 3.99. The molecule has 16 heavy (non-hydrogen) atoms. The summed E-state index contributed by atoms with van der Waals surface area (Å²) in [6, 6.07) is 7.06. The average molecular weight is 251 g/mol. The topological polar surface area (TPSA) is 12.0 Å². The molecule has 0 fully saturated rings. The van der Waals surface area contributed by atoms with Crippen molar-refractivity contribution in [2.45, 2.75) is 26.3 Å².